The van der Waals surface area contributed by atoms with Crippen LogP contribution in [0.1, 0.15) is 64.9 Å². The number of carbonyl (C=O) groups excluding carboxylic acids is 1. The van der Waals surface area contributed by atoms with Crippen LogP contribution in [-0.2, 0) is 10.2 Å². The standard InChI is InChI=1S/C23H36N2O2/c1-23(2,3)19-9-11-21(12-10-19)27-18-22(26)25-16-5-4-8-20(25)13-17-24-14-6-7-15-24/h9-12,20H,4-8,13-18H2,1-3H3/t20-/m0/s1. The zero-order chi connectivity index (χ0) is 19.3. The fraction of sp³-hybridized carbons (Fsp3) is 0.696. The first kappa shape index (κ1) is 20.2. The molecular weight excluding hydrogens is 336 g/mol. The molecule has 0 N–H and O–H groups in total. The van der Waals surface area contributed by atoms with Crippen molar-refractivity contribution in [3.05, 3.63) is 29.8 Å². The van der Waals surface area contributed by atoms with Crippen LogP contribution in [0, 0.1) is 0 Å². The lowest BCUT2D eigenvalue weighted by Crippen LogP contribution is -2.47. The molecule has 0 saturated carbocycles. The quantitative estimate of drug-likeness (QED) is 0.749. The number of ether oxygens (including phenoxy) is 1. The van der Waals surface area contributed by atoms with Crippen LogP contribution in [0.4, 0.5) is 0 Å². The Kier molecular flexibility index (Phi) is 6.80. The van der Waals surface area contributed by atoms with Gasteiger partial charge in [-0.1, -0.05) is 32.9 Å². The van der Waals surface area contributed by atoms with E-state index in [2.05, 4.69) is 42.7 Å². The molecule has 27 heavy (non-hydrogen) atoms. The highest BCUT2D eigenvalue weighted by atomic mass is 16.5. The average Bonchev–Trinajstić information content (AvgIpc) is 3.18. The summed E-state index contributed by atoms with van der Waals surface area (Å²) in [6, 6.07) is 8.54. The Morgan fingerprint density at radius 3 is 2.37 bits per heavy atom. The Morgan fingerprint density at radius 2 is 1.70 bits per heavy atom. The Balaban J connectivity index is 1.50. The zero-order valence-electron chi connectivity index (χ0n) is 17.4. The van der Waals surface area contributed by atoms with Crippen LogP contribution in [0.15, 0.2) is 24.3 Å². The van der Waals surface area contributed by atoms with E-state index in [-0.39, 0.29) is 17.9 Å². The molecule has 4 nitrogen and oxygen atoms in total. The van der Waals surface area contributed by atoms with E-state index in [1.54, 1.807) is 0 Å². The topological polar surface area (TPSA) is 32.8 Å². The minimum atomic E-state index is 0.130. The molecule has 0 aromatic heterocycles. The lowest BCUT2D eigenvalue weighted by atomic mass is 9.87. The van der Waals surface area contributed by atoms with Crippen molar-refractivity contribution in [2.75, 3.05) is 32.8 Å². The van der Waals surface area contributed by atoms with Gasteiger partial charge in [-0.15, -0.1) is 0 Å². The molecule has 1 aromatic carbocycles. The van der Waals surface area contributed by atoms with Crippen molar-refractivity contribution in [2.24, 2.45) is 0 Å². The maximum Gasteiger partial charge on any atom is 0.260 e. The predicted molar refractivity (Wildman–Crippen MR) is 110 cm³/mol. The minimum Gasteiger partial charge on any atom is -0.484 e. The first-order chi connectivity index (χ1) is 12.9. The second-order valence-corrected chi connectivity index (χ2v) is 9.14. The third-order valence-electron chi connectivity index (χ3n) is 6.01. The van der Waals surface area contributed by atoms with E-state index in [1.807, 2.05) is 12.1 Å². The van der Waals surface area contributed by atoms with Crippen LogP contribution in [0.5, 0.6) is 5.75 Å². The summed E-state index contributed by atoms with van der Waals surface area (Å²) in [6.45, 7) is 11.2. The lowest BCUT2D eigenvalue weighted by Gasteiger charge is -2.36. The van der Waals surface area contributed by atoms with E-state index in [1.165, 1.54) is 37.9 Å². The molecule has 0 spiro atoms. The number of rotatable bonds is 6. The number of piperidine rings is 1. The highest BCUT2D eigenvalue weighted by Gasteiger charge is 2.27. The molecule has 2 aliphatic heterocycles. The van der Waals surface area contributed by atoms with Crippen LogP contribution in [0.2, 0.25) is 0 Å². The van der Waals surface area contributed by atoms with Crippen LogP contribution >= 0.6 is 0 Å². The van der Waals surface area contributed by atoms with Gasteiger partial charge in [0.1, 0.15) is 5.75 Å². The molecule has 1 atom stereocenters. The molecule has 1 amide bonds. The normalized spacial score (nSPS) is 21.4. The van der Waals surface area contributed by atoms with Gasteiger partial charge in [-0.25, -0.2) is 0 Å². The molecule has 2 aliphatic rings. The van der Waals surface area contributed by atoms with Gasteiger partial charge in [0, 0.05) is 19.1 Å². The highest BCUT2D eigenvalue weighted by Crippen LogP contribution is 2.25. The monoisotopic (exact) mass is 372 g/mol. The first-order valence-corrected chi connectivity index (χ1v) is 10.7. The molecule has 2 fully saturated rings. The van der Waals surface area contributed by atoms with Gasteiger partial charge in [0.05, 0.1) is 0 Å². The van der Waals surface area contributed by atoms with Gasteiger partial charge in [-0.05, 0) is 74.7 Å². The minimum absolute atomic E-state index is 0.130. The van der Waals surface area contributed by atoms with Crippen molar-refractivity contribution in [3.8, 4) is 5.75 Å². The maximum absolute atomic E-state index is 12.8. The van der Waals surface area contributed by atoms with Crippen molar-refractivity contribution < 1.29 is 9.53 Å². The average molecular weight is 373 g/mol. The number of hydrogen-bond donors (Lipinski definition) is 0. The summed E-state index contributed by atoms with van der Waals surface area (Å²) in [4.78, 5) is 17.4. The van der Waals surface area contributed by atoms with Crippen LogP contribution < -0.4 is 4.74 Å². The Labute approximate surface area is 164 Å². The van der Waals surface area contributed by atoms with E-state index >= 15 is 0 Å². The number of nitrogens with zero attached hydrogens (tertiary/aromatic N) is 2. The molecule has 0 aliphatic carbocycles. The van der Waals surface area contributed by atoms with Gasteiger partial charge >= 0.3 is 0 Å². The maximum atomic E-state index is 12.8. The van der Waals surface area contributed by atoms with E-state index in [4.69, 9.17) is 4.74 Å². The SMILES string of the molecule is CC(C)(C)c1ccc(OCC(=O)N2CCCC[C@H]2CCN2CCCC2)cc1. The Bertz CT molecular complexity index is 600. The number of amides is 1. The van der Waals surface area contributed by atoms with Gasteiger partial charge in [0.2, 0.25) is 0 Å². The third-order valence-corrected chi connectivity index (χ3v) is 6.01. The molecule has 2 saturated heterocycles. The van der Waals surface area contributed by atoms with Gasteiger partial charge in [0.25, 0.3) is 5.91 Å². The number of carbonyl (C=O) groups is 1. The molecule has 4 heteroatoms. The van der Waals surface area contributed by atoms with E-state index in [0.29, 0.717) is 6.04 Å². The molecule has 1 aromatic rings. The predicted octanol–water partition coefficient (Wildman–Crippen LogP) is 4.23. The van der Waals surface area contributed by atoms with Crippen molar-refractivity contribution in [3.63, 3.8) is 0 Å². The second-order valence-electron chi connectivity index (χ2n) is 9.14. The lowest BCUT2D eigenvalue weighted by molar-refractivity contribution is -0.137. The van der Waals surface area contributed by atoms with Crippen LogP contribution in [-0.4, -0.2) is 54.5 Å². The molecule has 2 heterocycles. The van der Waals surface area contributed by atoms with E-state index in [0.717, 1.165) is 38.1 Å². The number of likely N-dealkylation sites (tertiary alicyclic amines) is 2. The molecular formula is C23H36N2O2. The summed E-state index contributed by atoms with van der Waals surface area (Å²) < 4.78 is 5.81. The summed E-state index contributed by atoms with van der Waals surface area (Å²) in [5, 5.41) is 0. The largest absolute Gasteiger partial charge is 0.484 e. The molecule has 150 valence electrons. The summed E-state index contributed by atoms with van der Waals surface area (Å²) >= 11 is 0. The number of hydrogen-bond acceptors (Lipinski definition) is 3. The summed E-state index contributed by atoms with van der Waals surface area (Å²) in [5.41, 5.74) is 1.41. The summed E-state index contributed by atoms with van der Waals surface area (Å²) in [7, 11) is 0. The Hall–Kier alpha value is -1.55. The van der Waals surface area contributed by atoms with Gasteiger partial charge in [-0.2, -0.15) is 0 Å². The van der Waals surface area contributed by atoms with Crippen molar-refractivity contribution >= 4 is 5.91 Å². The Morgan fingerprint density at radius 1 is 1.04 bits per heavy atom. The summed E-state index contributed by atoms with van der Waals surface area (Å²) in [5.74, 6) is 0.919. The van der Waals surface area contributed by atoms with Gasteiger partial charge < -0.3 is 14.5 Å². The molecule has 0 radical (unpaired) electrons. The molecule has 0 unspecified atom stereocenters. The fourth-order valence-corrected chi connectivity index (χ4v) is 4.25. The first-order valence-electron chi connectivity index (χ1n) is 10.7. The fourth-order valence-electron chi connectivity index (χ4n) is 4.25. The van der Waals surface area contributed by atoms with Crippen LogP contribution in [0.25, 0.3) is 0 Å². The summed E-state index contributed by atoms with van der Waals surface area (Å²) in [6.07, 6.45) is 7.26. The van der Waals surface area contributed by atoms with E-state index in [9.17, 15) is 4.79 Å². The highest BCUT2D eigenvalue weighted by molar-refractivity contribution is 5.78. The van der Waals surface area contributed by atoms with E-state index < -0.39 is 0 Å². The molecule has 3 rings (SSSR count). The second kappa shape index (κ2) is 9.09. The van der Waals surface area contributed by atoms with Gasteiger partial charge in [-0.3, -0.25) is 4.79 Å². The van der Waals surface area contributed by atoms with Crippen molar-refractivity contribution in [2.45, 2.75) is 70.8 Å². The zero-order valence-corrected chi connectivity index (χ0v) is 17.4. The number of benzene rings is 1. The molecule has 0 bridgehead atoms. The van der Waals surface area contributed by atoms with Crippen molar-refractivity contribution in [1.82, 2.24) is 9.80 Å². The van der Waals surface area contributed by atoms with Gasteiger partial charge in [0.15, 0.2) is 6.61 Å². The van der Waals surface area contributed by atoms with Crippen molar-refractivity contribution in [1.29, 1.82) is 0 Å². The third kappa shape index (κ3) is 5.71. The van der Waals surface area contributed by atoms with Crippen LogP contribution in [0.3, 0.4) is 0 Å². The smallest absolute Gasteiger partial charge is 0.260 e.